The van der Waals surface area contributed by atoms with E-state index in [1.54, 1.807) is 12.1 Å². The number of piperazine rings is 1. The fourth-order valence-corrected chi connectivity index (χ4v) is 5.28. The number of halogens is 1. The molecule has 0 amide bonds. The molecule has 1 aromatic heterocycles. The van der Waals surface area contributed by atoms with Crippen LogP contribution in [0, 0.1) is 5.82 Å². The van der Waals surface area contributed by atoms with Crippen LogP contribution >= 0.6 is 0 Å². The summed E-state index contributed by atoms with van der Waals surface area (Å²) in [6.45, 7) is 7.89. The fourth-order valence-electron chi connectivity index (χ4n) is 5.28. The van der Waals surface area contributed by atoms with Gasteiger partial charge >= 0.3 is 0 Å². The molecule has 9 heteroatoms. The predicted octanol–water partition coefficient (Wildman–Crippen LogP) is 3.21. The van der Waals surface area contributed by atoms with Crippen LogP contribution < -0.4 is 20.1 Å². The average Bonchev–Trinajstić information content (AvgIpc) is 2.89. The van der Waals surface area contributed by atoms with Crippen molar-refractivity contribution in [2.75, 3.05) is 69.7 Å². The maximum absolute atomic E-state index is 13.5. The lowest BCUT2D eigenvalue weighted by molar-refractivity contribution is 0.0961. The molecule has 1 unspecified atom stereocenters. The zero-order valence-corrected chi connectivity index (χ0v) is 20.3. The third-order valence-corrected chi connectivity index (χ3v) is 7.37. The number of hydrogen-bond donors (Lipinski definition) is 1. The van der Waals surface area contributed by atoms with E-state index < -0.39 is 0 Å². The summed E-state index contributed by atoms with van der Waals surface area (Å²) in [5, 5.41) is 0. The number of nitrogens with two attached hydrogens (primary N) is 1. The van der Waals surface area contributed by atoms with Crippen LogP contribution in [0.1, 0.15) is 18.0 Å². The van der Waals surface area contributed by atoms with Crippen molar-refractivity contribution >= 4 is 11.6 Å². The van der Waals surface area contributed by atoms with Gasteiger partial charge in [-0.1, -0.05) is 18.2 Å². The topological polar surface area (TPSA) is 80.0 Å². The second-order valence-corrected chi connectivity index (χ2v) is 9.56. The fraction of sp³-hybridized carbons (Fsp3) is 0.407. The first-order chi connectivity index (χ1) is 17.7. The summed E-state index contributed by atoms with van der Waals surface area (Å²) in [6.07, 6.45) is 2.77. The number of rotatable bonds is 6. The Morgan fingerprint density at radius 1 is 0.889 bits per heavy atom. The largest absolute Gasteiger partial charge is 0.486 e. The first-order valence-corrected chi connectivity index (χ1v) is 12.6. The summed E-state index contributed by atoms with van der Waals surface area (Å²) in [6, 6.07) is 13.0. The molecule has 188 valence electrons. The summed E-state index contributed by atoms with van der Waals surface area (Å²) in [5.41, 5.74) is 9.11. The number of hydrogen-bond acceptors (Lipinski definition) is 8. The molecule has 6 rings (SSSR count). The third-order valence-electron chi connectivity index (χ3n) is 7.37. The highest BCUT2D eigenvalue weighted by Gasteiger charge is 2.31. The number of nitrogens with zero attached hydrogens (tertiary/aromatic N) is 5. The molecule has 2 N–H and O–H groups in total. The Labute approximate surface area is 210 Å². The lowest BCUT2D eigenvalue weighted by Gasteiger charge is -2.43. The smallest absolute Gasteiger partial charge is 0.161 e. The highest BCUT2D eigenvalue weighted by molar-refractivity contribution is 5.84. The third kappa shape index (κ3) is 4.56. The van der Waals surface area contributed by atoms with Gasteiger partial charge in [-0.05, 0) is 54.9 Å². The molecule has 8 nitrogen and oxygen atoms in total. The van der Waals surface area contributed by atoms with Gasteiger partial charge in [-0.2, -0.15) is 0 Å². The van der Waals surface area contributed by atoms with Gasteiger partial charge in [0.25, 0.3) is 0 Å². The SMILES string of the molecule is Nc1ncnc(N2CCN(C(CN3CCC3)c3ccc4c(c3)OCCO4)CC2)c1-c1ccc(F)cc1. The van der Waals surface area contributed by atoms with Crippen LogP contribution in [-0.4, -0.2) is 78.8 Å². The number of nitrogen functional groups attached to an aromatic ring is 1. The van der Waals surface area contributed by atoms with E-state index in [1.807, 2.05) is 6.07 Å². The van der Waals surface area contributed by atoms with Crippen molar-refractivity contribution in [2.24, 2.45) is 0 Å². The van der Waals surface area contributed by atoms with Crippen molar-refractivity contribution in [2.45, 2.75) is 12.5 Å². The molecule has 1 atom stereocenters. The normalized spacial score (nSPS) is 19.1. The molecule has 36 heavy (non-hydrogen) atoms. The van der Waals surface area contributed by atoms with Gasteiger partial charge in [0.15, 0.2) is 11.5 Å². The van der Waals surface area contributed by atoms with Crippen LogP contribution in [0.15, 0.2) is 48.8 Å². The van der Waals surface area contributed by atoms with E-state index in [1.165, 1.54) is 30.4 Å². The van der Waals surface area contributed by atoms with Crippen LogP contribution in [0.3, 0.4) is 0 Å². The summed E-state index contributed by atoms with van der Waals surface area (Å²) in [7, 11) is 0. The standard InChI is InChI=1S/C27H31FN6O2/c28-21-5-2-19(3-6-21)25-26(29)30-18-31-27(25)34-12-10-33(11-13-34)22(17-32-8-1-9-32)20-4-7-23-24(16-20)36-15-14-35-23/h2-7,16,18,22H,1,8-15,17H2,(H2,29,30,31). The highest BCUT2D eigenvalue weighted by Crippen LogP contribution is 2.37. The second kappa shape index (κ2) is 9.91. The first-order valence-electron chi connectivity index (χ1n) is 12.6. The number of fused-ring (bicyclic) bond motifs is 1. The molecule has 2 fully saturated rings. The van der Waals surface area contributed by atoms with Gasteiger partial charge in [0.1, 0.15) is 37.0 Å². The Bertz CT molecular complexity index is 1210. The van der Waals surface area contributed by atoms with E-state index in [2.05, 4.69) is 36.8 Å². The summed E-state index contributed by atoms with van der Waals surface area (Å²) in [5.74, 6) is 2.59. The van der Waals surface area contributed by atoms with Crippen LogP contribution in [0.5, 0.6) is 11.5 Å². The Balaban J connectivity index is 1.23. The number of likely N-dealkylation sites (tertiary alicyclic amines) is 1. The van der Waals surface area contributed by atoms with Gasteiger partial charge in [0, 0.05) is 38.8 Å². The minimum Gasteiger partial charge on any atom is -0.486 e. The van der Waals surface area contributed by atoms with E-state index in [0.717, 1.165) is 74.3 Å². The molecule has 0 saturated carbocycles. The van der Waals surface area contributed by atoms with E-state index in [0.29, 0.717) is 19.0 Å². The lowest BCUT2D eigenvalue weighted by atomic mass is 10.0. The molecule has 0 bridgehead atoms. The highest BCUT2D eigenvalue weighted by atomic mass is 19.1. The summed E-state index contributed by atoms with van der Waals surface area (Å²) < 4.78 is 25.2. The van der Waals surface area contributed by atoms with Gasteiger partial charge in [-0.15, -0.1) is 0 Å². The number of anilines is 2. The molecular weight excluding hydrogens is 459 g/mol. The monoisotopic (exact) mass is 490 g/mol. The maximum atomic E-state index is 13.5. The Hall–Kier alpha value is -3.43. The van der Waals surface area contributed by atoms with Crippen molar-refractivity contribution in [3.05, 3.63) is 60.2 Å². The Kier molecular flexibility index (Phi) is 6.33. The van der Waals surface area contributed by atoms with Gasteiger partial charge < -0.3 is 25.0 Å². The number of aromatic nitrogens is 2. The van der Waals surface area contributed by atoms with Crippen LogP contribution in [0.25, 0.3) is 11.1 Å². The van der Waals surface area contributed by atoms with Crippen LogP contribution in [-0.2, 0) is 0 Å². The zero-order valence-electron chi connectivity index (χ0n) is 20.3. The molecule has 2 saturated heterocycles. The van der Waals surface area contributed by atoms with Crippen molar-refractivity contribution in [1.82, 2.24) is 19.8 Å². The number of ether oxygens (including phenoxy) is 2. The Morgan fingerprint density at radius 2 is 1.64 bits per heavy atom. The molecule has 0 radical (unpaired) electrons. The van der Waals surface area contributed by atoms with Gasteiger partial charge in [0.05, 0.1) is 5.56 Å². The molecule has 3 aromatic rings. The molecule has 3 aliphatic heterocycles. The van der Waals surface area contributed by atoms with Gasteiger partial charge in [0.2, 0.25) is 0 Å². The van der Waals surface area contributed by atoms with Crippen molar-refractivity contribution in [1.29, 1.82) is 0 Å². The minimum absolute atomic E-state index is 0.273. The quantitative estimate of drug-likeness (QED) is 0.564. The van der Waals surface area contributed by atoms with Crippen molar-refractivity contribution in [3.63, 3.8) is 0 Å². The van der Waals surface area contributed by atoms with Gasteiger partial charge in [-0.25, -0.2) is 14.4 Å². The maximum Gasteiger partial charge on any atom is 0.161 e. The lowest BCUT2D eigenvalue weighted by Crippen LogP contribution is -2.51. The van der Waals surface area contributed by atoms with E-state index >= 15 is 0 Å². The van der Waals surface area contributed by atoms with Crippen LogP contribution in [0.4, 0.5) is 16.0 Å². The molecule has 0 spiro atoms. The minimum atomic E-state index is -0.281. The number of benzene rings is 2. The first kappa shape index (κ1) is 23.0. The van der Waals surface area contributed by atoms with Crippen molar-refractivity contribution < 1.29 is 13.9 Å². The molecular formula is C27H31FN6O2. The summed E-state index contributed by atoms with van der Waals surface area (Å²) >= 11 is 0. The zero-order chi connectivity index (χ0) is 24.5. The molecule has 2 aromatic carbocycles. The average molecular weight is 491 g/mol. The van der Waals surface area contributed by atoms with E-state index in [4.69, 9.17) is 15.2 Å². The van der Waals surface area contributed by atoms with E-state index in [-0.39, 0.29) is 11.9 Å². The van der Waals surface area contributed by atoms with Gasteiger partial charge in [-0.3, -0.25) is 4.90 Å². The molecule has 3 aliphatic rings. The Morgan fingerprint density at radius 3 is 2.36 bits per heavy atom. The second-order valence-electron chi connectivity index (χ2n) is 9.56. The summed E-state index contributed by atoms with van der Waals surface area (Å²) in [4.78, 5) is 16.1. The predicted molar refractivity (Wildman–Crippen MR) is 137 cm³/mol. The van der Waals surface area contributed by atoms with Crippen LogP contribution in [0.2, 0.25) is 0 Å². The molecule has 4 heterocycles. The van der Waals surface area contributed by atoms with E-state index in [9.17, 15) is 4.39 Å². The molecule has 0 aliphatic carbocycles. The van der Waals surface area contributed by atoms with Crippen molar-refractivity contribution in [3.8, 4) is 22.6 Å².